The Bertz CT molecular complexity index is 1870. The molecule has 8 amide bonds. The fourth-order valence-corrected chi connectivity index (χ4v) is 6.56. The number of hydrogen-bond donors (Lipinski definition) is 8. The lowest BCUT2D eigenvalue weighted by Crippen LogP contribution is -2.25. The van der Waals surface area contributed by atoms with Gasteiger partial charge in [0.15, 0.2) is 0 Å². The first-order chi connectivity index (χ1) is 27.2. The lowest BCUT2D eigenvalue weighted by atomic mass is 10.2. The number of amides is 8. The first-order valence-corrected chi connectivity index (χ1v) is 18.9. The highest BCUT2D eigenvalue weighted by Gasteiger charge is 2.15. The molecule has 0 radical (unpaired) electrons. The number of hydrogen-bond acceptors (Lipinski definition) is 7. The Morgan fingerprint density at radius 1 is 0.375 bits per heavy atom. The number of anilines is 8. The van der Waals surface area contributed by atoms with Crippen LogP contribution in [0.2, 0.25) is 0 Å². The zero-order valence-corrected chi connectivity index (χ0v) is 31.2. The fourth-order valence-electron chi connectivity index (χ4n) is 6.56. The summed E-state index contributed by atoms with van der Waals surface area (Å²) in [4.78, 5) is 67.9. The highest BCUT2D eigenvalue weighted by atomic mass is 16.2. The van der Waals surface area contributed by atoms with Gasteiger partial charge in [-0.3, -0.25) is 9.59 Å². The molecule has 4 aromatic rings. The molecule has 56 heavy (non-hydrogen) atoms. The maximum absolute atomic E-state index is 12.9. The molecule has 0 spiro atoms. The monoisotopic (exact) mass is 760 g/mol. The van der Waals surface area contributed by atoms with Crippen molar-refractivity contribution in [1.29, 1.82) is 0 Å². The third-order valence-electron chi connectivity index (χ3n) is 9.27. The van der Waals surface area contributed by atoms with Crippen LogP contribution in [0.25, 0.3) is 0 Å². The molecule has 2 aliphatic heterocycles. The van der Waals surface area contributed by atoms with Crippen LogP contribution >= 0.6 is 0 Å². The van der Waals surface area contributed by atoms with Gasteiger partial charge in [-0.25, -0.2) is 14.4 Å². The summed E-state index contributed by atoms with van der Waals surface area (Å²) in [7, 11) is 0. The number of nitrogens with zero attached hydrogens (tertiary/aromatic N) is 2. The molecule has 4 aromatic carbocycles. The lowest BCUT2D eigenvalue weighted by Gasteiger charge is -2.14. The molecule has 0 aromatic heterocycles. The summed E-state index contributed by atoms with van der Waals surface area (Å²) >= 11 is 0. The van der Waals surface area contributed by atoms with Gasteiger partial charge < -0.3 is 52.3 Å². The van der Waals surface area contributed by atoms with Crippen molar-refractivity contribution in [3.05, 3.63) is 97.1 Å². The first kappa shape index (κ1) is 39.2. The van der Waals surface area contributed by atoms with Gasteiger partial charge in [0, 0.05) is 71.4 Å². The number of carbonyl (C=O) groups excluding carboxylic acids is 5. The fraction of sp³-hybridized carbons (Fsp3) is 0.293. The van der Waals surface area contributed by atoms with E-state index in [4.69, 9.17) is 0 Å². The molecule has 0 aliphatic carbocycles. The Labute approximate surface area is 326 Å². The summed E-state index contributed by atoms with van der Waals surface area (Å²) in [6.07, 6.45) is 5.51. The third kappa shape index (κ3) is 12.8. The number of carbonyl (C=O) groups is 5. The van der Waals surface area contributed by atoms with Gasteiger partial charge in [-0.05, 0) is 125 Å². The Balaban J connectivity index is 0.933. The predicted octanol–water partition coefficient (Wildman–Crippen LogP) is 7.47. The van der Waals surface area contributed by atoms with E-state index in [1.807, 2.05) is 0 Å². The van der Waals surface area contributed by atoms with Crippen molar-refractivity contribution < 1.29 is 24.0 Å². The zero-order valence-electron chi connectivity index (χ0n) is 31.2. The van der Waals surface area contributed by atoms with Crippen LogP contribution in [0.5, 0.6) is 0 Å². The summed E-state index contributed by atoms with van der Waals surface area (Å²) in [6, 6.07) is 25.6. The van der Waals surface area contributed by atoms with Crippen LogP contribution < -0.4 is 42.5 Å². The van der Waals surface area contributed by atoms with E-state index in [0.29, 0.717) is 58.3 Å². The van der Waals surface area contributed by atoms with Gasteiger partial charge in [0.05, 0.1) is 0 Å². The van der Waals surface area contributed by atoms with E-state index in [2.05, 4.69) is 52.3 Å². The molecule has 2 heterocycles. The molecule has 15 heteroatoms. The highest BCUT2D eigenvalue weighted by Crippen LogP contribution is 2.21. The van der Waals surface area contributed by atoms with Crippen LogP contribution in [-0.4, -0.2) is 79.0 Å². The average Bonchev–Trinajstić information content (AvgIpc) is 3.89. The number of nitrogens with one attached hydrogen (secondary N) is 8. The summed E-state index contributed by atoms with van der Waals surface area (Å²) in [6.45, 7) is 5.59. The first-order valence-electron chi connectivity index (χ1n) is 18.9. The van der Waals surface area contributed by atoms with Crippen LogP contribution in [-0.2, 0) is 9.59 Å². The molecule has 8 N–H and O–H groups in total. The smallest absolute Gasteiger partial charge is 0.323 e. The van der Waals surface area contributed by atoms with Crippen LogP contribution in [0.15, 0.2) is 97.1 Å². The van der Waals surface area contributed by atoms with E-state index in [0.717, 1.165) is 39.3 Å². The van der Waals surface area contributed by atoms with Crippen molar-refractivity contribution in [2.45, 2.75) is 38.5 Å². The largest absolute Gasteiger partial charge is 0.326 e. The SMILES string of the molecule is O=C(CCN1CCCC1)Nc1cccc(NC(=O)Nc2cccc(NC(=O)Nc3cccc(NC(=O)Nc4cccc(NC(=O)CCN5CCCC5)c4)c3)c2)c1. The Kier molecular flexibility index (Phi) is 13.8. The maximum Gasteiger partial charge on any atom is 0.323 e. The number of benzene rings is 4. The second-order valence-corrected chi connectivity index (χ2v) is 13.8. The molecule has 6 rings (SSSR count). The normalized spacial score (nSPS) is 14.0. The lowest BCUT2D eigenvalue weighted by molar-refractivity contribution is -0.117. The van der Waals surface area contributed by atoms with Gasteiger partial charge in [-0.15, -0.1) is 0 Å². The van der Waals surface area contributed by atoms with E-state index >= 15 is 0 Å². The van der Waals surface area contributed by atoms with Crippen molar-refractivity contribution in [2.75, 3.05) is 81.8 Å². The predicted molar refractivity (Wildman–Crippen MR) is 222 cm³/mol. The Morgan fingerprint density at radius 3 is 0.857 bits per heavy atom. The van der Waals surface area contributed by atoms with E-state index in [-0.39, 0.29) is 11.8 Å². The topological polar surface area (TPSA) is 188 Å². The highest BCUT2D eigenvalue weighted by molar-refractivity contribution is 6.04. The molecule has 0 saturated carbocycles. The molecule has 2 saturated heterocycles. The van der Waals surface area contributed by atoms with Crippen molar-refractivity contribution in [3.63, 3.8) is 0 Å². The zero-order chi connectivity index (χ0) is 39.1. The third-order valence-corrected chi connectivity index (χ3v) is 9.27. The summed E-state index contributed by atoms with van der Waals surface area (Å²) in [5.74, 6) is -0.159. The Morgan fingerprint density at radius 2 is 0.607 bits per heavy atom. The van der Waals surface area contributed by atoms with Gasteiger partial charge in [-0.2, -0.15) is 0 Å². The van der Waals surface area contributed by atoms with Crippen molar-refractivity contribution in [1.82, 2.24) is 9.80 Å². The van der Waals surface area contributed by atoms with Gasteiger partial charge in [0.2, 0.25) is 11.8 Å². The molecule has 2 fully saturated rings. The number of rotatable bonds is 14. The number of likely N-dealkylation sites (tertiary alicyclic amines) is 2. The van der Waals surface area contributed by atoms with Crippen LogP contribution in [0.3, 0.4) is 0 Å². The van der Waals surface area contributed by atoms with Gasteiger partial charge in [0.1, 0.15) is 0 Å². The number of urea groups is 3. The minimum atomic E-state index is -0.535. The van der Waals surface area contributed by atoms with Crippen molar-refractivity contribution >= 4 is 75.4 Å². The van der Waals surface area contributed by atoms with Crippen LogP contribution in [0.4, 0.5) is 59.9 Å². The molecule has 15 nitrogen and oxygen atoms in total. The van der Waals surface area contributed by atoms with Gasteiger partial charge in [0.25, 0.3) is 0 Å². The molecular formula is C41H48N10O5. The molecule has 2 aliphatic rings. The van der Waals surface area contributed by atoms with Crippen molar-refractivity contribution in [2.24, 2.45) is 0 Å². The van der Waals surface area contributed by atoms with Gasteiger partial charge in [-0.1, -0.05) is 24.3 Å². The van der Waals surface area contributed by atoms with E-state index < -0.39 is 18.1 Å². The van der Waals surface area contributed by atoms with E-state index in [1.165, 1.54) is 25.7 Å². The average molecular weight is 761 g/mol. The minimum absolute atomic E-state index is 0.0797. The van der Waals surface area contributed by atoms with Crippen LogP contribution in [0, 0.1) is 0 Å². The maximum atomic E-state index is 12.9. The van der Waals surface area contributed by atoms with E-state index in [9.17, 15) is 24.0 Å². The van der Waals surface area contributed by atoms with Gasteiger partial charge >= 0.3 is 18.1 Å². The second kappa shape index (κ2) is 19.8. The van der Waals surface area contributed by atoms with Crippen LogP contribution in [0.1, 0.15) is 38.5 Å². The molecule has 0 unspecified atom stereocenters. The Hall–Kier alpha value is -6.45. The second-order valence-electron chi connectivity index (χ2n) is 13.8. The minimum Gasteiger partial charge on any atom is -0.326 e. The summed E-state index contributed by atoms with van der Waals surface area (Å²) in [5, 5.41) is 22.3. The quantitative estimate of drug-likeness (QED) is 0.0655. The van der Waals surface area contributed by atoms with E-state index in [1.54, 1.807) is 97.1 Å². The molecule has 0 bridgehead atoms. The summed E-state index contributed by atoms with van der Waals surface area (Å²) in [5.41, 5.74) is 3.91. The standard InChI is InChI=1S/C41H48N10O5/c52-37(17-23-50-19-1-2-20-50)42-29-9-5-11-31(25-29)44-39(54)46-33-13-7-15-35(27-33)48-41(56)49-36-16-8-14-34(28-36)47-40(55)45-32-12-6-10-30(26-32)43-38(53)18-24-51-21-3-4-22-51/h5-16,25-28H,1-4,17-24H2,(H,42,52)(H,43,53)(H2,44,46,54)(H2,45,47,55)(H2,48,49,56). The van der Waals surface area contributed by atoms with Crippen molar-refractivity contribution in [3.8, 4) is 0 Å². The summed E-state index contributed by atoms with van der Waals surface area (Å²) < 4.78 is 0. The molecule has 0 atom stereocenters. The molecular weight excluding hydrogens is 713 g/mol. The molecule has 292 valence electrons.